The first kappa shape index (κ1) is 16.5. The minimum Gasteiger partial charge on any atom is -0.353 e. The molecule has 1 fully saturated rings. The van der Waals surface area contributed by atoms with E-state index in [1.54, 1.807) is 0 Å². The summed E-state index contributed by atoms with van der Waals surface area (Å²) in [5, 5.41) is 0. The normalized spacial score (nSPS) is 20.8. The van der Waals surface area contributed by atoms with Crippen LogP contribution in [0.4, 0.5) is 13.2 Å². The molecule has 1 rings (SSSR count). The van der Waals surface area contributed by atoms with E-state index >= 15 is 0 Å². The van der Waals surface area contributed by atoms with Gasteiger partial charge in [-0.1, -0.05) is 19.0 Å². The van der Waals surface area contributed by atoms with E-state index in [1.165, 1.54) is 0 Å². The predicted molar refractivity (Wildman–Crippen MR) is 70.3 cm³/mol. The Morgan fingerprint density at radius 3 is 2.63 bits per heavy atom. The van der Waals surface area contributed by atoms with Crippen molar-refractivity contribution in [1.82, 2.24) is 0 Å². The third-order valence-electron chi connectivity index (χ3n) is 2.94. The van der Waals surface area contributed by atoms with Crippen LogP contribution in [0.3, 0.4) is 0 Å². The highest BCUT2D eigenvalue weighted by molar-refractivity contribution is 6.85. The Kier molecular flexibility index (Phi) is 6.37. The van der Waals surface area contributed by atoms with E-state index in [1.807, 2.05) is 13.1 Å². The van der Waals surface area contributed by atoms with Crippen molar-refractivity contribution in [2.45, 2.75) is 57.3 Å². The van der Waals surface area contributed by atoms with E-state index in [0.29, 0.717) is 6.61 Å². The maximum absolute atomic E-state index is 12.1. The minimum absolute atomic E-state index is 0.142. The van der Waals surface area contributed by atoms with E-state index in [0.717, 1.165) is 19.3 Å². The van der Waals surface area contributed by atoms with Crippen molar-refractivity contribution in [2.24, 2.45) is 0 Å². The molecule has 1 saturated heterocycles. The molecule has 6 heteroatoms. The van der Waals surface area contributed by atoms with Crippen molar-refractivity contribution >= 4 is 8.07 Å². The van der Waals surface area contributed by atoms with Crippen molar-refractivity contribution in [2.75, 3.05) is 13.2 Å². The summed E-state index contributed by atoms with van der Waals surface area (Å²) in [6, 6.07) is 0.142. The number of alkyl halides is 3. The fourth-order valence-corrected chi connectivity index (χ4v) is 3.35. The van der Waals surface area contributed by atoms with Crippen LogP contribution in [0.25, 0.3) is 0 Å². The Labute approximate surface area is 113 Å². The van der Waals surface area contributed by atoms with Gasteiger partial charge in [-0.3, -0.25) is 0 Å². The summed E-state index contributed by atoms with van der Waals surface area (Å²) in [6.07, 6.45) is -2.00. The van der Waals surface area contributed by atoms with Crippen molar-refractivity contribution in [3.05, 3.63) is 0 Å². The molecule has 0 radical (unpaired) electrons. The fourth-order valence-electron chi connectivity index (χ4n) is 1.77. The lowest BCUT2D eigenvalue weighted by Gasteiger charge is -2.21. The van der Waals surface area contributed by atoms with Crippen LogP contribution in [-0.4, -0.2) is 33.8 Å². The number of rotatable bonds is 4. The van der Waals surface area contributed by atoms with Gasteiger partial charge in [-0.25, -0.2) is 0 Å². The molecule has 0 spiro atoms. The molecule has 0 aliphatic carbocycles. The number of hydrogen-bond acceptors (Lipinski definition) is 2. The smallest absolute Gasteiger partial charge is 0.353 e. The summed E-state index contributed by atoms with van der Waals surface area (Å²) in [6.45, 7) is 4.66. The minimum atomic E-state index is -4.08. The zero-order chi connectivity index (χ0) is 14.4. The Balaban J connectivity index is 2.26. The molecule has 1 atom stereocenters. The topological polar surface area (TPSA) is 18.5 Å². The predicted octanol–water partition coefficient (Wildman–Crippen LogP) is 3.73. The maximum Gasteiger partial charge on any atom is 0.388 e. The second-order valence-corrected chi connectivity index (χ2v) is 9.93. The Morgan fingerprint density at radius 1 is 1.32 bits per heavy atom. The van der Waals surface area contributed by atoms with Crippen LogP contribution >= 0.6 is 0 Å². The summed E-state index contributed by atoms with van der Waals surface area (Å²) < 4.78 is 47.3. The number of hydrogen-bond donors (Lipinski definition) is 0. The van der Waals surface area contributed by atoms with Gasteiger partial charge in [0.2, 0.25) is 0 Å². The van der Waals surface area contributed by atoms with Crippen LogP contribution in [0.15, 0.2) is 0 Å². The van der Waals surface area contributed by atoms with Crippen molar-refractivity contribution in [3.63, 3.8) is 0 Å². The molecule has 110 valence electrons. The summed E-state index contributed by atoms with van der Waals surface area (Å²) in [7, 11) is -2.10. The highest BCUT2D eigenvalue weighted by Crippen LogP contribution is 2.25. The first-order valence-corrected chi connectivity index (χ1v) is 9.79. The van der Waals surface area contributed by atoms with Crippen LogP contribution in [-0.2, 0) is 9.47 Å². The number of halogens is 3. The summed E-state index contributed by atoms with van der Waals surface area (Å²) in [5.74, 6) is 2.85. The molecule has 0 N–H and O–H groups in total. The largest absolute Gasteiger partial charge is 0.388 e. The van der Waals surface area contributed by atoms with Crippen molar-refractivity contribution in [3.8, 4) is 11.5 Å². The van der Waals surface area contributed by atoms with Crippen LogP contribution in [0.2, 0.25) is 19.1 Å². The van der Waals surface area contributed by atoms with Gasteiger partial charge in [0.1, 0.15) is 14.7 Å². The molecule has 0 bridgehead atoms. The molecule has 1 aliphatic heterocycles. The van der Waals surface area contributed by atoms with Gasteiger partial charge in [0.05, 0.1) is 0 Å². The molecule has 1 unspecified atom stereocenters. The molecule has 0 aromatic rings. The fraction of sp³-hybridized carbons (Fsp3) is 0.846. The van der Waals surface area contributed by atoms with Crippen LogP contribution < -0.4 is 0 Å². The first-order chi connectivity index (χ1) is 8.79. The van der Waals surface area contributed by atoms with Crippen LogP contribution in [0.5, 0.6) is 0 Å². The van der Waals surface area contributed by atoms with Gasteiger partial charge in [0, 0.05) is 13.0 Å². The van der Waals surface area contributed by atoms with Gasteiger partial charge in [-0.05, 0) is 25.3 Å². The highest BCUT2D eigenvalue weighted by Gasteiger charge is 2.31. The monoisotopic (exact) mass is 294 g/mol. The summed E-state index contributed by atoms with van der Waals surface area (Å²) in [4.78, 5) is 0. The molecular weight excluding hydrogens is 273 g/mol. The first-order valence-electron chi connectivity index (χ1n) is 6.58. The van der Waals surface area contributed by atoms with Gasteiger partial charge >= 0.3 is 6.18 Å². The van der Waals surface area contributed by atoms with Gasteiger partial charge in [-0.2, -0.15) is 13.2 Å². The van der Waals surface area contributed by atoms with Crippen LogP contribution in [0, 0.1) is 11.5 Å². The molecule has 0 saturated carbocycles. The lowest BCUT2D eigenvalue weighted by atomic mass is 10.2. The third-order valence-corrected chi connectivity index (χ3v) is 5.29. The maximum atomic E-state index is 12.1. The van der Waals surface area contributed by atoms with Crippen molar-refractivity contribution < 1.29 is 22.6 Å². The van der Waals surface area contributed by atoms with E-state index < -0.39 is 20.7 Å². The Bertz CT molecular complexity index is 325. The molecule has 2 nitrogen and oxygen atoms in total. The second-order valence-electron chi connectivity index (χ2n) is 5.41. The highest BCUT2D eigenvalue weighted by atomic mass is 28.3. The molecule has 1 heterocycles. The van der Waals surface area contributed by atoms with Gasteiger partial charge in [-0.15, -0.1) is 5.54 Å². The van der Waals surface area contributed by atoms with E-state index in [2.05, 4.69) is 11.5 Å². The average molecular weight is 294 g/mol. The molecule has 0 aromatic heterocycles. The SMILES string of the molecule is C[Si](C)(C#CCOC1CCCCO1)CCC(F)(F)F. The lowest BCUT2D eigenvalue weighted by Crippen LogP contribution is -2.26. The van der Waals surface area contributed by atoms with E-state index in [-0.39, 0.29) is 18.9 Å². The van der Waals surface area contributed by atoms with Crippen LogP contribution in [0.1, 0.15) is 25.7 Å². The molecule has 0 aromatic carbocycles. The van der Waals surface area contributed by atoms with E-state index in [9.17, 15) is 13.2 Å². The zero-order valence-electron chi connectivity index (χ0n) is 11.5. The lowest BCUT2D eigenvalue weighted by molar-refractivity contribution is -0.154. The molecule has 19 heavy (non-hydrogen) atoms. The molecule has 0 amide bonds. The second kappa shape index (κ2) is 7.32. The van der Waals surface area contributed by atoms with Gasteiger partial charge < -0.3 is 9.47 Å². The standard InChI is InChI=1S/C13H21F3O2Si/c1-19(2,11-7-13(14,15)16)10-5-9-18-12-6-3-4-8-17-12/h12H,3-4,6-9,11H2,1-2H3. The third kappa shape index (κ3) is 8.29. The zero-order valence-corrected chi connectivity index (χ0v) is 12.5. The van der Waals surface area contributed by atoms with E-state index in [4.69, 9.17) is 9.47 Å². The molecular formula is C13H21F3O2Si. The van der Waals surface area contributed by atoms with Crippen molar-refractivity contribution in [1.29, 1.82) is 0 Å². The van der Waals surface area contributed by atoms with Gasteiger partial charge in [0.15, 0.2) is 6.29 Å². The number of ether oxygens (including phenoxy) is 2. The Hall–Kier alpha value is -0.513. The average Bonchev–Trinajstić information content (AvgIpc) is 2.33. The Morgan fingerprint density at radius 2 is 2.05 bits per heavy atom. The quantitative estimate of drug-likeness (QED) is 0.581. The molecule has 1 aliphatic rings. The summed E-state index contributed by atoms with van der Waals surface area (Å²) >= 11 is 0. The van der Waals surface area contributed by atoms with Gasteiger partial charge in [0.25, 0.3) is 0 Å². The summed E-state index contributed by atoms with van der Waals surface area (Å²) in [5.41, 5.74) is 2.98.